The normalized spacial score (nSPS) is 10.4. The number of benzene rings is 1. The zero-order valence-electron chi connectivity index (χ0n) is 9.61. The molecule has 0 saturated carbocycles. The summed E-state index contributed by atoms with van der Waals surface area (Å²) in [4.78, 5) is 0. The lowest BCUT2D eigenvalue weighted by molar-refractivity contribution is 0.300. The molecule has 0 spiro atoms. The number of hydrogen-bond donors (Lipinski definition) is 1. The standard InChI is InChI=1S/C11H11Br2N3OS/c1-2-14-11-9(15-16-18-11)6-17-10-4-3-7(12)5-8(10)13/h3-5,14H,2,6H2,1H3. The summed E-state index contributed by atoms with van der Waals surface area (Å²) in [5.74, 6) is 0.786. The molecule has 0 atom stereocenters. The van der Waals surface area contributed by atoms with Crippen molar-refractivity contribution in [2.75, 3.05) is 11.9 Å². The van der Waals surface area contributed by atoms with E-state index < -0.39 is 0 Å². The van der Waals surface area contributed by atoms with Crippen molar-refractivity contribution in [1.82, 2.24) is 9.59 Å². The maximum absolute atomic E-state index is 5.72. The zero-order valence-corrected chi connectivity index (χ0v) is 13.6. The van der Waals surface area contributed by atoms with Crippen LogP contribution in [-0.4, -0.2) is 16.1 Å². The number of aromatic nitrogens is 2. The van der Waals surface area contributed by atoms with Crippen molar-refractivity contribution in [1.29, 1.82) is 0 Å². The number of halogens is 2. The molecule has 1 heterocycles. The molecule has 1 aromatic heterocycles. The summed E-state index contributed by atoms with van der Waals surface area (Å²) in [6, 6.07) is 5.78. The molecule has 0 radical (unpaired) electrons. The molecule has 18 heavy (non-hydrogen) atoms. The molecule has 7 heteroatoms. The Kier molecular flexibility index (Phi) is 4.96. The van der Waals surface area contributed by atoms with Crippen molar-refractivity contribution >= 4 is 48.4 Å². The smallest absolute Gasteiger partial charge is 0.136 e. The Bertz CT molecular complexity index is 533. The summed E-state index contributed by atoms with van der Waals surface area (Å²) in [7, 11) is 0. The molecule has 0 bridgehead atoms. The molecule has 1 aromatic carbocycles. The maximum atomic E-state index is 5.72. The first kappa shape index (κ1) is 13.8. The molecule has 0 saturated heterocycles. The largest absolute Gasteiger partial charge is 0.486 e. The molecule has 0 aliphatic carbocycles. The molecule has 0 aliphatic rings. The van der Waals surface area contributed by atoms with Gasteiger partial charge < -0.3 is 10.1 Å². The SMILES string of the molecule is CCNc1snnc1COc1ccc(Br)cc1Br. The van der Waals surface area contributed by atoms with Crippen LogP contribution in [0.15, 0.2) is 27.1 Å². The lowest BCUT2D eigenvalue weighted by atomic mass is 10.3. The van der Waals surface area contributed by atoms with Gasteiger partial charge in [-0.1, -0.05) is 20.4 Å². The summed E-state index contributed by atoms with van der Waals surface area (Å²) < 4.78 is 11.6. The van der Waals surface area contributed by atoms with Gasteiger partial charge in [-0.2, -0.15) is 0 Å². The molecular weight excluding hydrogens is 382 g/mol. The highest BCUT2D eigenvalue weighted by molar-refractivity contribution is 9.11. The van der Waals surface area contributed by atoms with Gasteiger partial charge in [0.05, 0.1) is 4.47 Å². The van der Waals surface area contributed by atoms with Crippen LogP contribution < -0.4 is 10.1 Å². The van der Waals surface area contributed by atoms with E-state index in [4.69, 9.17) is 4.74 Å². The Morgan fingerprint density at radius 2 is 2.22 bits per heavy atom. The molecule has 2 rings (SSSR count). The second kappa shape index (κ2) is 6.49. The number of rotatable bonds is 5. The van der Waals surface area contributed by atoms with Crippen LogP contribution in [-0.2, 0) is 6.61 Å². The quantitative estimate of drug-likeness (QED) is 0.832. The second-order valence-electron chi connectivity index (χ2n) is 3.44. The van der Waals surface area contributed by atoms with E-state index in [9.17, 15) is 0 Å². The summed E-state index contributed by atoms with van der Waals surface area (Å²) in [6.07, 6.45) is 0. The topological polar surface area (TPSA) is 47.0 Å². The minimum absolute atomic E-state index is 0.402. The second-order valence-corrected chi connectivity index (χ2v) is 5.97. The molecule has 96 valence electrons. The van der Waals surface area contributed by atoms with E-state index in [1.165, 1.54) is 11.5 Å². The fourth-order valence-corrected chi connectivity index (χ4v) is 3.13. The van der Waals surface area contributed by atoms with Crippen LogP contribution in [0.25, 0.3) is 0 Å². The predicted octanol–water partition coefficient (Wildman–Crippen LogP) is 4.07. The van der Waals surface area contributed by atoms with E-state index in [1.54, 1.807) is 0 Å². The van der Waals surface area contributed by atoms with Crippen LogP contribution in [0.2, 0.25) is 0 Å². The van der Waals surface area contributed by atoms with Gasteiger partial charge in [0.25, 0.3) is 0 Å². The number of anilines is 1. The molecule has 0 aliphatic heterocycles. The zero-order chi connectivity index (χ0) is 13.0. The minimum Gasteiger partial charge on any atom is -0.486 e. The Morgan fingerprint density at radius 3 is 2.94 bits per heavy atom. The molecule has 1 N–H and O–H groups in total. The lowest BCUT2D eigenvalue weighted by Gasteiger charge is -2.08. The summed E-state index contributed by atoms with van der Waals surface area (Å²) in [5, 5.41) is 8.23. The monoisotopic (exact) mass is 391 g/mol. The van der Waals surface area contributed by atoms with Gasteiger partial charge in [0.15, 0.2) is 0 Å². The van der Waals surface area contributed by atoms with Crippen LogP contribution >= 0.6 is 43.4 Å². The van der Waals surface area contributed by atoms with Gasteiger partial charge in [0.2, 0.25) is 0 Å². The first-order valence-corrected chi connectivity index (χ1v) is 7.69. The van der Waals surface area contributed by atoms with Gasteiger partial charge in [-0.15, -0.1) is 5.10 Å². The Balaban J connectivity index is 2.04. The summed E-state index contributed by atoms with van der Waals surface area (Å²) in [5.41, 5.74) is 0.830. The Morgan fingerprint density at radius 1 is 1.39 bits per heavy atom. The Labute approximate surface area is 126 Å². The Hall–Kier alpha value is -0.660. The maximum Gasteiger partial charge on any atom is 0.136 e. The van der Waals surface area contributed by atoms with Crippen molar-refractivity contribution in [2.45, 2.75) is 13.5 Å². The highest BCUT2D eigenvalue weighted by Crippen LogP contribution is 2.29. The minimum atomic E-state index is 0.402. The predicted molar refractivity (Wildman–Crippen MR) is 80.2 cm³/mol. The third-order valence-corrected chi connectivity index (χ3v) is 3.99. The first-order chi connectivity index (χ1) is 8.70. The molecular formula is C11H11Br2N3OS. The average Bonchev–Trinajstić information content (AvgIpc) is 2.76. The van der Waals surface area contributed by atoms with Crippen LogP contribution in [0.4, 0.5) is 5.00 Å². The van der Waals surface area contributed by atoms with E-state index in [0.29, 0.717) is 6.61 Å². The van der Waals surface area contributed by atoms with Crippen molar-refractivity contribution in [2.24, 2.45) is 0 Å². The van der Waals surface area contributed by atoms with Crippen LogP contribution in [0.3, 0.4) is 0 Å². The summed E-state index contributed by atoms with van der Waals surface area (Å²) >= 11 is 8.20. The molecule has 4 nitrogen and oxygen atoms in total. The molecule has 0 amide bonds. The van der Waals surface area contributed by atoms with Crippen molar-refractivity contribution < 1.29 is 4.74 Å². The number of hydrogen-bond acceptors (Lipinski definition) is 5. The molecule has 0 fully saturated rings. The van der Waals surface area contributed by atoms with E-state index in [1.807, 2.05) is 25.1 Å². The highest BCUT2D eigenvalue weighted by atomic mass is 79.9. The van der Waals surface area contributed by atoms with E-state index in [2.05, 4.69) is 46.8 Å². The van der Waals surface area contributed by atoms with E-state index in [-0.39, 0.29) is 0 Å². The average molecular weight is 393 g/mol. The van der Waals surface area contributed by atoms with Crippen molar-refractivity contribution in [3.8, 4) is 5.75 Å². The molecule has 0 unspecified atom stereocenters. The third kappa shape index (κ3) is 3.43. The lowest BCUT2D eigenvalue weighted by Crippen LogP contribution is -2.02. The molecule has 2 aromatic rings. The number of nitrogens with zero attached hydrogens (tertiary/aromatic N) is 2. The number of nitrogens with one attached hydrogen (secondary N) is 1. The fourth-order valence-electron chi connectivity index (χ4n) is 1.34. The van der Waals surface area contributed by atoms with E-state index >= 15 is 0 Å². The van der Waals surface area contributed by atoms with Gasteiger partial charge in [-0.25, -0.2) is 0 Å². The fraction of sp³-hybridized carbons (Fsp3) is 0.273. The van der Waals surface area contributed by atoms with Crippen LogP contribution in [0.5, 0.6) is 5.75 Å². The summed E-state index contributed by atoms with van der Waals surface area (Å²) in [6.45, 7) is 3.29. The van der Waals surface area contributed by atoms with E-state index in [0.717, 1.165) is 31.9 Å². The van der Waals surface area contributed by atoms with Gasteiger partial charge in [-0.3, -0.25) is 0 Å². The van der Waals surface area contributed by atoms with Gasteiger partial charge >= 0.3 is 0 Å². The van der Waals surface area contributed by atoms with Gasteiger partial charge in [0.1, 0.15) is 23.1 Å². The third-order valence-electron chi connectivity index (χ3n) is 2.15. The van der Waals surface area contributed by atoms with Crippen LogP contribution in [0.1, 0.15) is 12.6 Å². The van der Waals surface area contributed by atoms with Gasteiger partial charge in [0, 0.05) is 22.5 Å². The van der Waals surface area contributed by atoms with Crippen LogP contribution in [0, 0.1) is 0 Å². The number of ether oxygens (including phenoxy) is 1. The van der Waals surface area contributed by atoms with Crippen molar-refractivity contribution in [3.63, 3.8) is 0 Å². The highest BCUT2D eigenvalue weighted by Gasteiger charge is 2.09. The first-order valence-electron chi connectivity index (χ1n) is 5.33. The van der Waals surface area contributed by atoms with Crippen molar-refractivity contribution in [3.05, 3.63) is 32.8 Å². The van der Waals surface area contributed by atoms with Gasteiger partial charge in [-0.05, 0) is 41.1 Å².